The smallest absolute Gasteiger partial charge is 0.299 e. The molecule has 0 aliphatic rings. The quantitative estimate of drug-likeness (QED) is 0.629. The SMILES string of the molecule is Cc1nc(C)c(-c2csc(CC(=O)Cc3ccc(C(F)(F)F)cn3)n2)s1. The van der Waals surface area contributed by atoms with E-state index < -0.39 is 11.7 Å². The number of rotatable bonds is 5. The maximum absolute atomic E-state index is 12.5. The molecule has 0 spiro atoms. The van der Waals surface area contributed by atoms with Gasteiger partial charge < -0.3 is 0 Å². The molecule has 0 radical (unpaired) electrons. The minimum absolute atomic E-state index is 0.0221. The van der Waals surface area contributed by atoms with Gasteiger partial charge in [-0.1, -0.05) is 0 Å². The summed E-state index contributed by atoms with van der Waals surface area (Å²) in [6, 6.07) is 2.17. The molecule has 0 aliphatic carbocycles. The summed E-state index contributed by atoms with van der Waals surface area (Å²) in [5.74, 6) is -0.143. The predicted octanol–water partition coefficient (Wildman–Crippen LogP) is 4.65. The molecule has 3 aromatic heterocycles. The van der Waals surface area contributed by atoms with Gasteiger partial charge in [-0.3, -0.25) is 9.78 Å². The van der Waals surface area contributed by atoms with E-state index in [1.165, 1.54) is 17.4 Å². The van der Waals surface area contributed by atoms with E-state index in [1.807, 2.05) is 19.2 Å². The molecule has 0 fully saturated rings. The third-order valence-electron chi connectivity index (χ3n) is 3.57. The van der Waals surface area contributed by atoms with Crippen LogP contribution in [0.1, 0.15) is 27.0 Å². The van der Waals surface area contributed by atoms with E-state index in [-0.39, 0.29) is 18.6 Å². The van der Waals surface area contributed by atoms with Crippen molar-refractivity contribution >= 4 is 28.5 Å². The summed E-state index contributed by atoms with van der Waals surface area (Å²) in [5, 5.41) is 3.51. The molecule has 4 nitrogen and oxygen atoms in total. The number of hydrogen-bond donors (Lipinski definition) is 0. The monoisotopic (exact) mass is 397 g/mol. The van der Waals surface area contributed by atoms with Gasteiger partial charge in [0.15, 0.2) is 0 Å². The van der Waals surface area contributed by atoms with Crippen LogP contribution < -0.4 is 0 Å². The third-order valence-corrected chi connectivity index (χ3v) is 5.51. The topological polar surface area (TPSA) is 55.7 Å². The Morgan fingerprint density at radius 3 is 2.50 bits per heavy atom. The fourth-order valence-corrected chi connectivity index (χ4v) is 4.16. The Balaban J connectivity index is 1.65. The fourth-order valence-electron chi connectivity index (χ4n) is 2.40. The Morgan fingerprint density at radius 2 is 1.92 bits per heavy atom. The zero-order valence-electron chi connectivity index (χ0n) is 13.9. The molecule has 0 aliphatic heterocycles. The molecule has 9 heteroatoms. The van der Waals surface area contributed by atoms with E-state index in [4.69, 9.17) is 0 Å². The van der Waals surface area contributed by atoms with Crippen LogP contribution >= 0.6 is 22.7 Å². The van der Waals surface area contributed by atoms with Crippen molar-refractivity contribution in [2.75, 3.05) is 0 Å². The predicted molar refractivity (Wildman–Crippen MR) is 94.4 cm³/mol. The summed E-state index contributed by atoms with van der Waals surface area (Å²) in [4.78, 5) is 25.7. The Hall–Kier alpha value is -2.13. The van der Waals surface area contributed by atoms with E-state index in [9.17, 15) is 18.0 Å². The van der Waals surface area contributed by atoms with Crippen molar-refractivity contribution in [3.63, 3.8) is 0 Å². The van der Waals surface area contributed by atoms with Crippen molar-refractivity contribution < 1.29 is 18.0 Å². The lowest BCUT2D eigenvalue weighted by atomic mass is 10.1. The first-order chi connectivity index (χ1) is 12.2. The molecular weight excluding hydrogens is 383 g/mol. The van der Waals surface area contributed by atoms with Crippen LogP contribution in [0.15, 0.2) is 23.7 Å². The van der Waals surface area contributed by atoms with Crippen LogP contribution in [0.4, 0.5) is 13.2 Å². The number of alkyl halides is 3. The first kappa shape index (κ1) is 18.7. The Labute approximate surface area is 155 Å². The Bertz CT molecular complexity index is 930. The Morgan fingerprint density at radius 1 is 1.15 bits per heavy atom. The number of nitrogens with zero attached hydrogens (tertiary/aromatic N) is 3. The van der Waals surface area contributed by atoms with Gasteiger partial charge in [-0.25, -0.2) is 9.97 Å². The second kappa shape index (κ2) is 7.24. The first-order valence-electron chi connectivity index (χ1n) is 7.65. The summed E-state index contributed by atoms with van der Waals surface area (Å²) in [6.45, 7) is 3.84. The molecule has 0 N–H and O–H groups in total. The lowest BCUT2D eigenvalue weighted by Gasteiger charge is -2.06. The number of halogens is 3. The molecule has 136 valence electrons. The number of carbonyl (C=O) groups excluding carboxylic acids is 1. The van der Waals surface area contributed by atoms with Gasteiger partial charge >= 0.3 is 6.18 Å². The first-order valence-corrected chi connectivity index (χ1v) is 9.34. The second-order valence-electron chi connectivity index (χ2n) is 5.70. The van der Waals surface area contributed by atoms with Crippen LogP contribution in [0.25, 0.3) is 10.6 Å². The largest absolute Gasteiger partial charge is 0.417 e. The normalized spacial score (nSPS) is 11.7. The number of aromatic nitrogens is 3. The van der Waals surface area contributed by atoms with Crippen molar-refractivity contribution in [2.24, 2.45) is 0 Å². The van der Waals surface area contributed by atoms with Gasteiger partial charge in [-0.15, -0.1) is 22.7 Å². The van der Waals surface area contributed by atoms with E-state index in [1.54, 1.807) is 11.3 Å². The minimum atomic E-state index is -4.43. The van der Waals surface area contributed by atoms with Crippen LogP contribution in [-0.2, 0) is 23.8 Å². The van der Waals surface area contributed by atoms with Gasteiger partial charge in [0.1, 0.15) is 10.8 Å². The highest BCUT2D eigenvalue weighted by molar-refractivity contribution is 7.16. The van der Waals surface area contributed by atoms with E-state index in [0.29, 0.717) is 10.7 Å². The summed E-state index contributed by atoms with van der Waals surface area (Å²) < 4.78 is 37.6. The average Bonchev–Trinajstić information content (AvgIpc) is 3.12. The molecule has 0 aromatic carbocycles. The van der Waals surface area contributed by atoms with E-state index in [0.717, 1.165) is 33.5 Å². The van der Waals surface area contributed by atoms with E-state index >= 15 is 0 Å². The average molecular weight is 397 g/mol. The number of Topliss-reactive ketones (excluding diaryl/α,β-unsaturated/α-hetero) is 1. The summed E-state index contributed by atoms with van der Waals surface area (Å²) in [7, 11) is 0. The van der Waals surface area contributed by atoms with Crippen molar-refractivity contribution in [1.29, 1.82) is 0 Å². The lowest BCUT2D eigenvalue weighted by molar-refractivity contribution is -0.137. The highest BCUT2D eigenvalue weighted by Crippen LogP contribution is 2.31. The number of aryl methyl sites for hydroxylation is 2. The summed E-state index contributed by atoms with van der Waals surface area (Å²) in [6.07, 6.45) is -3.57. The van der Waals surface area contributed by atoms with Crippen molar-refractivity contribution in [3.05, 3.63) is 50.7 Å². The molecule has 0 bridgehead atoms. The maximum atomic E-state index is 12.5. The molecule has 0 unspecified atom stereocenters. The third kappa shape index (κ3) is 4.34. The maximum Gasteiger partial charge on any atom is 0.417 e. The molecule has 0 amide bonds. The Kier molecular flexibility index (Phi) is 5.19. The molecule has 0 saturated heterocycles. The van der Waals surface area contributed by atoms with Crippen LogP contribution in [0.3, 0.4) is 0 Å². The van der Waals surface area contributed by atoms with Gasteiger partial charge in [0, 0.05) is 23.7 Å². The van der Waals surface area contributed by atoms with Crippen LogP contribution in [-0.4, -0.2) is 20.7 Å². The number of ketones is 1. The molecule has 0 saturated carbocycles. The second-order valence-corrected chi connectivity index (χ2v) is 7.85. The van der Waals surface area contributed by atoms with Gasteiger partial charge in [0.05, 0.1) is 33.3 Å². The van der Waals surface area contributed by atoms with Gasteiger partial charge in [-0.05, 0) is 26.0 Å². The number of thiazole rings is 2. The molecular formula is C17H14F3N3OS2. The van der Waals surface area contributed by atoms with Crippen molar-refractivity contribution in [1.82, 2.24) is 15.0 Å². The van der Waals surface area contributed by atoms with Crippen LogP contribution in [0.5, 0.6) is 0 Å². The van der Waals surface area contributed by atoms with Gasteiger partial charge in [0.2, 0.25) is 0 Å². The highest BCUT2D eigenvalue weighted by atomic mass is 32.1. The van der Waals surface area contributed by atoms with Crippen molar-refractivity contribution in [2.45, 2.75) is 32.9 Å². The minimum Gasteiger partial charge on any atom is -0.299 e. The molecule has 0 atom stereocenters. The molecule has 3 rings (SSSR count). The summed E-state index contributed by atoms with van der Waals surface area (Å²) in [5.41, 5.74) is 1.19. The standard InChI is InChI=1S/C17H14F3N3OS2/c1-9-16(26-10(2)22-9)14-8-25-15(23-14)6-13(24)5-12-4-3-11(7-21-12)17(18,19)20/h3-4,7-8H,5-6H2,1-2H3. The zero-order valence-corrected chi connectivity index (χ0v) is 15.6. The fraction of sp³-hybridized carbons (Fsp3) is 0.294. The molecule has 26 heavy (non-hydrogen) atoms. The lowest BCUT2D eigenvalue weighted by Crippen LogP contribution is -2.10. The zero-order chi connectivity index (χ0) is 18.9. The highest BCUT2D eigenvalue weighted by Gasteiger charge is 2.30. The van der Waals surface area contributed by atoms with Crippen LogP contribution in [0, 0.1) is 13.8 Å². The number of carbonyl (C=O) groups is 1. The van der Waals surface area contributed by atoms with Crippen molar-refractivity contribution in [3.8, 4) is 10.6 Å². The van der Waals surface area contributed by atoms with E-state index in [2.05, 4.69) is 15.0 Å². The van der Waals surface area contributed by atoms with Gasteiger partial charge in [-0.2, -0.15) is 13.2 Å². The van der Waals surface area contributed by atoms with Crippen LogP contribution in [0.2, 0.25) is 0 Å². The summed E-state index contributed by atoms with van der Waals surface area (Å²) >= 11 is 2.94. The molecule has 3 heterocycles. The molecule has 3 aromatic rings. The number of pyridine rings is 1. The number of hydrogen-bond acceptors (Lipinski definition) is 6. The van der Waals surface area contributed by atoms with Gasteiger partial charge in [0.25, 0.3) is 0 Å².